The molecule has 44 heavy (non-hydrogen) atoms. The van der Waals surface area contributed by atoms with Crippen LogP contribution in [0.15, 0.2) is 0 Å². The second-order valence-corrected chi connectivity index (χ2v) is 15.7. The van der Waals surface area contributed by atoms with Crippen molar-refractivity contribution in [2.75, 3.05) is 39.3 Å². The van der Waals surface area contributed by atoms with E-state index in [1.54, 1.807) is 6.92 Å². The van der Waals surface area contributed by atoms with Gasteiger partial charge in [-0.15, -0.1) is 0 Å². The Bertz CT molecular complexity index is 919. The van der Waals surface area contributed by atoms with E-state index in [4.69, 9.17) is 0 Å². The Labute approximate surface area is 268 Å². The van der Waals surface area contributed by atoms with Crippen LogP contribution in [0.25, 0.3) is 0 Å². The first-order chi connectivity index (χ1) is 21.1. The normalized spacial score (nSPS) is 37.0. The highest BCUT2D eigenvalue weighted by atomic mass is 16.3. The van der Waals surface area contributed by atoms with Crippen LogP contribution in [0.3, 0.4) is 0 Å². The Hall–Kier alpha value is -1.22. The van der Waals surface area contributed by atoms with Crippen LogP contribution in [0.1, 0.15) is 118 Å². The summed E-state index contributed by atoms with van der Waals surface area (Å²) in [5.41, 5.74) is 0.542. The summed E-state index contributed by atoms with van der Waals surface area (Å²) in [6, 6.07) is 0. The minimum atomic E-state index is -0.225. The number of unbranched alkanes of at least 4 members (excludes halogenated alkanes) is 1. The number of amides is 2. The van der Waals surface area contributed by atoms with Crippen molar-refractivity contribution in [3.63, 3.8) is 0 Å². The van der Waals surface area contributed by atoms with Crippen LogP contribution in [-0.4, -0.2) is 73.5 Å². The number of carbonyl (C=O) groups is 2. The zero-order valence-corrected chi connectivity index (χ0v) is 28.5. The molecule has 4 saturated carbocycles. The molecule has 254 valence electrons. The molecule has 4 rings (SSSR count). The highest BCUT2D eigenvalue weighted by Crippen LogP contribution is 2.68. The maximum absolute atomic E-state index is 12.7. The van der Waals surface area contributed by atoms with E-state index in [0.29, 0.717) is 41.9 Å². The number of aliphatic hydroxyl groups excluding tert-OH is 2. The van der Waals surface area contributed by atoms with Crippen LogP contribution in [-0.2, 0) is 9.59 Å². The van der Waals surface area contributed by atoms with Gasteiger partial charge in [-0.2, -0.15) is 0 Å². The summed E-state index contributed by atoms with van der Waals surface area (Å²) >= 11 is 0. The standard InChI is InChI=1S/C36H66N4O4/c1-25(9-12-33(44)40-22-8-20-38-18-6-5-17-37-19-7-21-39-26(2)41)29-10-11-30-34-31(14-16-36(29,30)4)35(3)15-13-28(42)23-27(35)24-32(34)43/h25,27-32,34,37-38,42-43H,5-24H2,1-4H3,(H,39,41)(H,40,44)/t25-,27+,28-,29-,30+,31+,32+,34+,35+,36-/m1/s1. The van der Waals surface area contributed by atoms with E-state index >= 15 is 0 Å². The third-order valence-corrected chi connectivity index (χ3v) is 13.0. The van der Waals surface area contributed by atoms with Gasteiger partial charge < -0.3 is 31.5 Å². The fourth-order valence-corrected chi connectivity index (χ4v) is 10.5. The van der Waals surface area contributed by atoms with Crippen molar-refractivity contribution in [3.8, 4) is 0 Å². The van der Waals surface area contributed by atoms with E-state index < -0.39 is 0 Å². The minimum absolute atomic E-state index is 0.0339. The van der Waals surface area contributed by atoms with Gasteiger partial charge in [-0.25, -0.2) is 0 Å². The second kappa shape index (κ2) is 16.6. The first kappa shape index (κ1) is 35.6. The summed E-state index contributed by atoms with van der Waals surface area (Å²) in [5, 5.41) is 34.7. The molecular weight excluding hydrogens is 552 g/mol. The van der Waals surface area contributed by atoms with Gasteiger partial charge in [0.05, 0.1) is 12.2 Å². The number of hydrogen-bond acceptors (Lipinski definition) is 6. The van der Waals surface area contributed by atoms with Gasteiger partial charge in [0.15, 0.2) is 0 Å². The molecule has 0 aromatic rings. The van der Waals surface area contributed by atoms with Crippen molar-refractivity contribution >= 4 is 11.8 Å². The predicted molar refractivity (Wildman–Crippen MR) is 177 cm³/mol. The molecule has 8 heteroatoms. The Kier molecular flexibility index (Phi) is 13.4. The van der Waals surface area contributed by atoms with E-state index in [9.17, 15) is 19.8 Å². The lowest BCUT2D eigenvalue weighted by Crippen LogP contribution is -2.58. The Morgan fingerprint density at radius 2 is 1.39 bits per heavy atom. The highest BCUT2D eigenvalue weighted by Gasteiger charge is 2.62. The number of nitrogens with one attached hydrogen (secondary N) is 4. The van der Waals surface area contributed by atoms with Crippen LogP contribution >= 0.6 is 0 Å². The van der Waals surface area contributed by atoms with E-state index in [0.717, 1.165) is 97.1 Å². The van der Waals surface area contributed by atoms with Gasteiger partial charge in [-0.1, -0.05) is 20.8 Å². The average Bonchev–Trinajstić information content (AvgIpc) is 3.34. The van der Waals surface area contributed by atoms with Crippen molar-refractivity contribution in [3.05, 3.63) is 0 Å². The monoisotopic (exact) mass is 619 g/mol. The summed E-state index contributed by atoms with van der Waals surface area (Å²) in [5.74, 6) is 3.42. The topological polar surface area (TPSA) is 123 Å². The smallest absolute Gasteiger partial charge is 0.220 e. The Morgan fingerprint density at radius 3 is 2.07 bits per heavy atom. The molecule has 0 bridgehead atoms. The van der Waals surface area contributed by atoms with Crippen LogP contribution in [0.4, 0.5) is 0 Å². The van der Waals surface area contributed by atoms with Crippen molar-refractivity contribution in [2.45, 2.75) is 130 Å². The molecule has 0 radical (unpaired) electrons. The molecule has 0 aliphatic heterocycles. The summed E-state index contributed by atoms with van der Waals surface area (Å²) in [4.78, 5) is 23.5. The third kappa shape index (κ3) is 8.77. The molecule has 0 heterocycles. The van der Waals surface area contributed by atoms with Gasteiger partial charge in [0, 0.05) is 26.4 Å². The van der Waals surface area contributed by atoms with Gasteiger partial charge in [-0.3, -0.25) is 9.59 Å². The van der Waals surface area contributed by atoms with Gasteiger partial charge in [-0.05, 0) is 156 Å². The molecule has 4 aliphatic rings. The van der Waals surface area contributed by atoms with E-state index in [1.807, 2.05) is 0 Å². The lowest BCUT2D eigenvalue weighted by atomic mass is 9.43. The highest BCUT2D eigenvalue weighted by molar-refractivity contribution is 5.75. The minimum Gasteiger partial charge on any atom is -0.393 e. The fourth-order valence-electron chi connectivity index (χ4n) is 10.5. The lowest BCUT2D eigenvalue weighted by molar-refractivity contribution is -0.174. The predicted octanol–water partition coefficient (Wildman–Crippen LogP) is 4.39. The first-order valence-corrected chi connectivity index (χ1v) is 18.3. The molecule has 2 amide bonds. The summed E-state index contributed by atoms with van der Waals surface area (Å²) in [7, 11) is 0. The number of rotatable bonds is 17. The third-order valence-electron chi connectivity index (χ3n) is 13.0. The largest absolute Gasteiger partial charge is 0.393 e. The Morgan fingerprint density at radius 1 is 0.773 bits per heavy atom. The Balaban J connectivity index is 1.08. The first-order valence-electron chi connectivity index (χ1n) is 18.3. The van der Waals surface area contributed by atoms with Crippen LogP contribution < -0.4 is 21.3 Å². The van der Waals surface area contributed by atoms with Gasteiger partial charge >= 0.3 is 0 Å². The van der Waals surface area contributed by atoms with Gasteiger partial charge in [0.25, 0.3) is 0 Å². The molecule has 8 nitrogen and oxygen atoms in total. The maximum atomic E-state index is 12.7. The van der Waals surface area contributed by atoms with Gasteiger partial charge in [0.2, 0.25) is 11.8 Å². The van der Waals surface area contributed by atoms with Crippen LogP contribution in [0.5, 0.6) is 0 Å². The van der Waals surface area contributed by atoms with Crippen LogP contribution in [0, 0.1) is 46.3 Å². The number of carbonyl (C=O) groups excluding carboxylic acids is 2. The summed E-state index contributed by atoms with van der Waals surface area (Å²) in [6.45, 7) is 14.3. The zero-order valence-electron chi connectivity index (χ0n) is 28.5. The molecule has 0 spiro atoms. The molecule has 4 aliphatic carbocycles. The lowest BCUT2D eigenvalue weighted by Gasteiger charge is -2.62. The van der Waals surface area contributed by atoms with E-state index in [-0.39, 0.29) is 34.9 Å². The molecule has 4 fully saturated rings. The molecule has 0 aromatic heterocycles. The molecular formula is C36H66N4O4. The second-order valence-electron chi connectivity index (χ2n) is 15.7. The summed E-state index contributed by atoms with van der Waals surface area (Å²) in [6.07, 6.45) is 14.1. The van der Waals surface area contributed by atoms with Crippen LogP contribution in [0.2, 0.25) is 0 Å². The SMILES string of the molecule is CC(=O)NCCCNCCCCNCCCNC(=O)CC[C@@H](C)[C@H]1CC[C@H]2[C@@H]3[C@@H](O)C[C@@H]4C[C@H](O)CC[C@]4(C)[C@H]3CC[C@]12C. The fraction of sp³-hybridized carbons (Fsp3) is 0.944. The van der Waals surface area contributed by atoms with Crippen molar-refractivity contribution < 1.29 is 19.8 Å². The average molecular weight is 619 g/mol. The maximum Gasteiger partial charge on any atom is 0.220 e. The zero-order chi connectivity index (χ0) is 31.7. The number of hydrogen-bond donors (Lipinski definition) is 6. The van der Waals surface area contributed by atoms with Gasteiger partial charge in [0.1, 0.15) is 0 Å². The van der Waals surface area contributed by atoms with E-state index in [1.165, 1.54) is 25.7 Å². The molecule has 0 saturated heterocycles. The summed E-state index contributed by atoms with van der Waals surface area (Å²) < 4.78 is 0. The molecule has 10 atom stereocenters. The van der Waals surface area contributed by atoms with E-state index in [2.05, 4.69) is 42.0 Å². The molecule has 0 aromatic carbocycles. The quantitative estimate of drug-likeness (QED) is 0.135. The molecule has 0 unspecified atom stereocenters. The molecule has 6 N–H and O–H groups in total. The van der Waals surface area contributed by atoms with Crippen molar-refractivity contribution in [1.82, 2.24) is 21.3 Å². The number of aliphatic hydroxyl groups is 2. The van der Waals surface area contributed by atoms with Crippen molar-refractivity contribution in [2.24, 2.45) is 46.3 Å². The number of fused-ring (bicyclic) bond motifs is 5. The van der Waals surface area contributed by atoms with Crippen molar-refractivity contribution in [1.29, 1.82) is 0 Å².